The molecule has 2 heterocycles. The third kappa shape index (κ3) is 6.11. The van der Waals surface area contributed by atoms with Crippen LogP contribution in [0.25, 0.3) is 81.8 Å². The van der Waals surface area contributed by atoms with E-state index in [0.29, 0.717) is 0 Å². The van der Waals surface area contributed by atoms with E-state index in [1.165, 1.54) is 10.8 Å². The molecular weight excluding hydrogens is 855 g/mol. The summed E-state index contributed by atoms with van der Waals surface area (Å²) in [5.41, 5.74) is 5.81. The smallest absolute Gasteiger partial charge is 0.171 e. The lowest BCUT2D eigenvalue weighted by Crippen LogP contribution is -2.24. The van der Waals surface area contributed by atoms with Gasteiger partial charge >= 0.3 is 0 Å². The van der Waals surface area contributed by atoms with Crippen molar-refractivity contribution < 1.29 is 9.13 Å². The Morgan fingerprint density at radius 3 is 1.39 bits per heavy atom. The van der Waals surface area contributed by atoms with Crippen molar-refractivity contribution in [2.75, 3.05) is 0 Å². The maximum absolute atomic E-state index is 15.7. The van der Waals surface area contributed by atoms with Gasteiger partial charge < -0.3 is 9.13 Å². The van der Waals surface area contributed by atoms with E-state index in [0.717, 1.165) is 103 Å². The number of pyridine rings is 1. The summed E-state index contributed by atoms with van der Waals surface area (Å²) in [5, 5.41) is 14.9. The highest BCUT2D eigenvalue weighted by atomic mass is 31.2. The summed E-state index contributed by atoms with van der Waals surface area (Å²) in [5.74, 6) is 0. The quantitative estimate of drug-likeness (QED) is 0.118. The second kappa shape index (κ2) is 15.4. The van der Waals surface area contributed by atoms with Crippen LogP contribution in [0.2, 0.25) is 0 Å². The van der Waals surface area contributed by atoms with Gasteiger partial charge in [0.15, 0.2) is 14.3 Å². The summed E-state index contributed by atoms with van der Waals surface area (Å²) in [6.45, 7) is 0. The van der Waals surface area contributed by atoms with Crippen LogP contribution in [0.3, 0.4) is 0 Å². The van der Waals surface area contributed by atoms with E-state index in [-0.39, 0.29) is 0 Å². The Morgan fingerprint density at radius 2 is 0.776 bits per heavy atom. The van der Waals surface area contributed by atoms with E-state index < -0.39 is 14.3 Å². The van der Waals surface area contributed by atoms with Crippen LogP contribution in [-0.2, 0) is 9.13 Å². The Labute approximate surface area is 387 Å². The maximum Gasteiger partial charge on any atom is 0.171 e. The summed E-state index contributed by atoms with van der Waals surface area (Å²) in [4.78, 5) is 5.35. The monoisotopic (exact) mass is 894 g/mol. The van der Waals surface area contributed by atoms with Gasteiger partial charge in [0.1, 0.15) is 5.65 Å². The van der Waals surface area contributed by atoms with Gasteiger partial charge in [-0.05, 0) is 85.9 Å². The van der Waals surface area contributed by atoms with Gasteiger partial charge in [0.2, 0.25) is 0 Å². The summed E-state index contributed by atoms with van der Waals surface area (Å²) >= 11 is 0. The van der Waals surface area contributed by atoms with Crippen LogP contribution in [0.15, 0.2) is 243 Å². The third-order valence-corrected chi connectivity index (χ3v) is 19.8. The van der Waals surface area contributed by atoms with Crippen molar-refractivity contribution in [3.8, 4) is 11.1 Å². The van der Waals surface area contributed by atoms with Crippen molar-refractivity contribution in [1.29, 1.82) is 0 Å². The molecule has 316 valence electrons. The molecule has 67 heavy (non-hydrogen) atoms. The van der Waals surface area contributed by atoms with Crippen LogP contribution < -0.4 is 31.8 Å². The normalized spacial score (nSPS) is 12.3. The third-order valence-electron chi connectivity index (χ3n) is 13.7. The lowest BCUT2D eigenvalue weighted by atomic mass is 9.95. The highest BCUT2D eigenvalue weighted by molar-refractivity contribution is 7.85. The summed E-state index contributed by atoms with van der Waals surface area (Å²) < 4.78 is 33.2. The molecule has 0 bridgehead atoms. The number of fused-ring (bicyclic) bond motifs is 13. The number of rotatable bonds is 7. The zero-order chi connectivity index (χ0) is 44.7. The first-order valence-corrected chi connectivity index (χ1v) is 26.0. The molecule has 6 heteroatoms. The number of hydrogen-bond donors (Lipinski definition) is 0. The van der Waals surface area contributed by atoms with Crippen molar-refractivity contribution in [2.24, 2.45) is 0 Å². The molecule has 0 radical (unpaired) electrons. The fourth-order valence-electron chi connectivity index (χ4n) is 10.4. The minimum atomic E-state index is -3.27. The van der Waals surface area contributed by atoms with Gasteiger partial charge in [-0.2, -0.15) is 0 Å². The van der Waals surface area contributed by atoms with Crippen molar-refractivity contribution >= 4 is 117 Å². The maximum atomic E-state index is 15.7. The summed E-state index contributed by atoms with van der Waals surface area (Å²) in [7, 11) is -6.40. The molecule has 0 spiro atoms. The Hall–Kier alpha value is -7.87. The summed E-state index contributed by atoms with van der Waals surface area (Å²) in [6, 6.07) is 82.7. The van der Waals surface area contributed by atoms with E-state index in [1.54, 1.807) is 0 Å². The fraction of sp³-hybridized carbons (Fsp3) is 0. The van der Waals surface area contributed by atoms with Gasteiger partial charge in [0.05, 0.1) is 16.6 Å². The Bertz CT molecular complexity index is 4120. The molecule has 0 aliphatic heterocycles. The molecule has 0 saturated heterocycles. The highest BCUT2D eigenvalue weighted by Gasteiger charge is 2.32. The van der Waals surface area contributed by atoms with E-state index >= 15 is 9.13 Å². The van der Waals surface area contributed by atoms with Crippen LogP contribution in [0, 0.1) is 0 Å². The molecule has 13 aromatic rings. The first kappa shape index (κ1) is 39.5. The molecule has 0 N–H and O–H groups in total. The van der Waals surface area contributed by atoms with Crippen molar-refractivity contribution in [1.82, 2.24) is 9.38 Å². The predicted molar refractivity (Wildman–Crippen MR) is 284 cm³/mol. The molecule has 11 aromatic carbocycles. The van der Waals surface area contributed by atoms with Gasteiger partial charge in [-0.15, -0.1) is 0 Å². The molecular formula is C61H40N2O2P2. The molecule has 0 fully saturated rings. The van der Waals surface area contributed by atoms with E-state index in [9.17, 15) is 0 Å². The Morgan fingerprint density at radius 1 is 0.313 bits per heavy atom. The van der Waals surface area contributed by atoms with Crippen molar-refractivity contribution in [2.45, 2.75) is 0 Å². The SMILES string of the molecule is O=P(c1ccccc1)(c1ccccc1)c1ccc2c(ccc3cc(-c4ccc5c6c7ccccc7ccc6c6nc7ccc(P(=O)(c8ccccc8)c8ccccc8)cc7n6c5c4)ccc32)c1. The highest BCUT2D eigenvalue weighted by Crippen LogP contribution is 2.46. The average molecular weight is 895 g/mol. The number of nitrogens with zero attached hydrogens (tertiary/aromatic N) is 2. The molecule has 2 aromatic heterocycles. The van der Waals surface area contributed by atoms with Crippen molar-refractivity contribution in [3.05, 3.63) is 243 Å². The number of hydrogen-bond acceptors (Lipinski definition) is 3. The van der Waals surface area contributed by atoms with Crippen LogP contribution in [0.4, 0.5) is 0 Å². The largest absolute Gasteiger partial charge is 0.309 e. The Balaban J connectivity index is 1.00. The molecule has 4 nitrogen and oxygen atoms in total. The van der Waals surface area contributed by atoms with Crippen LogP contribution in [0.5, 0.6) is 0 Å². The first-order chi connectivity index (χ1) is 33.0. The first-order valence-electron chi connectivity index (χ1n) is 22.6. The second-order valence-electron chi connectivity index (χ2n) is 17.4. The molecule has 13 rings (SSSR count). The molecule has 0 saturated carbocycles. The van der Waals surface area contributed by atoms with Gasteiger partial charge in [-0.1, -0.05) is 200 Å². The molecule has 0 unspecified atom stereocenters. The van der Waals surface area contributed by atoms with Crippen LogP contribution in [0.1, 0.15) is 0 Å². The molecule has 0 aliphatic rings. The predicted octanol–water partition coefficient (Wildman–Crippen LogP) is 13.2. The van der Waals surface area contributed by atoms with E-state index in [4.69, 9.17) is 4.98 Å². The lowest BCUT2D eigenvalue weighted by molar-refractivity contribution is 0.591. The summed E-state index contributed by atoms with van der Waals surface area (Å²) in [6.07, 6.45) is 0. The Kier molecular flexibility index (Phi) is 9.06. The number of aromatic nitrogens is 2. The minimum Gasteiger partial charge on any atom is -0.309 e. The zero-order valence-electron chi connectivity index (χ0n) is 36.2. The average Bonchev–Trinajstić information content (AvgIpc) is 3.80. The topological polar surface area (TPSA) is 51.4 Å². The standard InChI is InChI=1S/C61H40N2O2P2/c64-66(46-16-5-1-6-17-46,47-18-7-2-8-19-47)50-30-35-53-45(38-50)26-25-44-37-42(28-32-52(44)53)43-29-33-55-58(39-43)63-59-40-51(67(65,48-20-9-3-10-21-48)49-22-11-4-12-23-49)31-36-57(59)62-61(63)56-34-27-41-15-13-14-24-54(41)60(55)56/h1-40H. The van der Waals surface area contributed by atoms with E-state index in [1.807, 2.05) is 133 Å². The van der Waals surface area contributed by atoms with Gasteiger partial charge in [0, 0.05) is 48.0 Å². The molecule has 0 amide bonds. The van der Waals surface area contributed by atoms with E-state index in [2.05, 4.69) is 114 Å². The zero-order valence-corrected chi connectivity index (χ0v) is 38.0. The fourth-order valence-corrected chi connectivity index (χ4v) is 15.8. The van der Waals surface area contributed by atoms with Crippen molar-refractivity contribution in [3.63, 3.8) is 0 Å². The number of benzene rings is 11. The van der Waals surface area contributed by atoms with Gasteiger partial charge in [0.25, 0.3) is 0 Å². The second-order valence-corrected chi connectivity index (χ2v) is 22.9. The van der Waals surface area contributed by atoms with Gasteiger partial charge in [-0.3, -0.25) is 4.40 Å². The van der Waals surface area contributed by atoms with Crippen LogP contribution in [-0.4, -0.2) is 9.38 Å². The lowest BCUT2D eigenvalue weighted by Gasteiger charge is -2.20. The van der Waals surface area contributed by atoms with Gasteiger partial charge in [-0.25, -0.2) is 4.98 Å². The number of imidazole rings is 1. The molecule has 0 atom stereocenters. The minimum absolute atomic E-state index is 0.763. The molecule has 0 aliphatic carbocycles. The van der Waals surface area contributed by atoms with Crippen LogP contribution >= 0.6 is 14.3 Å².